The molecular weight excluding hydrogens is 237 g/mol. The highest BCUT2D eigenvalue weighted by atomic mass is 19.4. The number of nitriles is 1. The minimum Gasteiger partial charge on any atom is -0.395 e. The van der Waals surface area contributed by atoms with Crippen LogP contribution in [-0.2, 0) is 0 Å². The molecule has 0 bridgehead atoms. The minimum absolute atomic E-state index is 0.0182. The second kappa shape index (κ2) is 5.45. The first-order valence-corrected chi connectivity index (χ1v) is 4.61. The molecule has 0 aliphatic rings. The molecule has 0 fully saturated rings. The van der Waals surface area contributed by atoms with Gasteiger partial charge in [-0.3, -0.25) is 0 Å². The van der Waals surface area contributed by atoms with Crippen molar-refractivity contribution in [3.63, 3.8) is 0 Å². The highest BCUT2D eigenvalue weighted by molar-refractivity contribution is 5.37. The molecule has 0 spiro atoms. The second-order valence-electron chi connectivity index (χ2n) is 3.13. The first-order valence-electron chi connectivity index (χ1n) is 4.61. The lowest BCUT2D eigenvalue weighted by Gasteiger charge is -2.23. The number of anilines is 1. The summed E-state index contributed by atoms with van der Waals surface area (Å²) >= 11 is 0. The third-order valence-corrected chi connectivity index (χ3v) is 1.82. The summed E-state index contributed by atoms with van der Waals surface area (Å²) in [5.74, 6) is -0.0321. The van der Waals surface area contributed by atoms with E-state index in [0.717, 1.165) is 17.3 Å². The molecular formula is C9H9F3N4O. The number of halogens is 3. The molecule has 0 atom stereocenters. The predicted octanol–water partition coefficient (Wildman–Crippen LogP) is 0.709. The normalized spacial score (nSPS) is 11.0. The summed E-state index contributed by atoms with van der Waals surface area (Å²) in [7, 11) is 0. The van der Waals surface area contributed by atoms with Crippen LogP contribution >= 0.6 is 0 Å². The van der Waals surface area contributed by atoms with E-state index in [2.05, 4.69) is 9.97 Å². The van der Waals surface area contributed by atoms with Crippen molar-refractivity contribution in [1.82, 2.24) is 9.97 Å². The molecule has 0 radical (unpaired) electrons. The van der Waals surface area contributed by atoms with Crippen LogP contribution in [0.4, 0.5) is 19.0 Å². The number of hydrogen-bond donors (Lipinski definition) is 1. The van der Waals surface area contributed by atoms with Crippen LogP contribution in [-0.4, -0.2) is 40.9 Å². The van der Waals surface area contributed by atoms with E-state index in [1.807, 2.05) is 0 Å². The predicted molar refractivity (Wildman–Crippen MR) is 52.1 cm³/mol. The van der Waals surface area contributed by atoms with Gasteiger partial charge in [0.25, 0.3) is 0 Å². The van der Waals surface area contributed by atoms with E-state index in [4.69, 9.17) is 10.4 Å². The van der Waals surface area contributed by atoms with Gasteiger partial charge in [-0.15, -0.1) is 0 Å². The van der Waals surface area contributed by atoms with Crippen molar-refractivity contribution in [2.75, 3.05) is 24.6 Å². The zero-order valence-corrected chi connectivity index (χ0v) is 8.65. The van der Waals surface area contributed by atoms with Gasteiger partial charge in [-0.1, -0.05) is 0 Å². The van der Waals surface area contributed by atoms with Crippen LogP contribution in [0.2, 0.25) is 0 Å². The maximum atomic E-state index is 12.2. The highest BCUT2D eigenvalue weighted by Gasteiger charge is 2.31. The third kappa shape index (κ3) is 4.24. The molecule has 1 aromatic rings. The van der Waals surface area contributed by atoms with Crippen LogP contribution in [0.15, 0.2) is 12.4 Å². The van der Waals surface area contributed by atoms with E-state index in [1.165, 1.54) is 0 Å². The summed E-state index contributed by atoms with van der Waals surface area (Å²) < 4.78 is 36.7. The SMILES string of the molecule is N#Cc1cnc(N(CCO)CC(F)(F)F)cn1. The Morgan fingerprint density at radius 2 is 2.06 bits per heavy atom. The molecule has 1 heterocycles. The maximum Gasteiger partial charge on any atom is 0.405 e. The van der Waals surface area contributed by atoms with Crippen molar-refractivity contribution in [3.05, 3.63) is 18.1 Å². The monoisotopic (exact) mass is 246 g/mol. The number of aromatic nitrogens is 2. The molecule has 0 aliphatic heterocycles. The van der Waals surface area contributed by atoms with Crippen molar-refractivity contribution in [2.24, 2.45) is 0 Å². The summed E-state index contributed by atoms with van der Waals surface area (Å²) in [6, 6.07) is 1.71. The quantitative estimate of drug-likeness (QED) is 0.846. The van der Waals surface area contributed by atoms with Crippen molar-refractivity contribution in [1.29, 1.82) is 5.26 Å². The zero-order chi connectivity index (χ0) is 12.9. The van der Waals surface area contributed by atoms with E-state index in [1.54, 1.807) is 6.07 Å². The molecule has 0 aromatic carbocycles. The number of hydrogen-bond acceptors (Lipinski definition) is 5. The van der Waals surface area contributed by atoms with Crippen LogP contribution in [0.3, 0.4) is 0 Å². The average molecular weight is 246 g/mol. The van der Waals surface area contributed by atoms with Crippen LogP contribution in [0, 0.1) is 11.3 Å². The fourth-order valence-corrected chi connectivity index (χ4v) is 1.15. The van der Waals surface area contributed by atoms with Gasteiger partial charge in [-0.05, 0) is 0 Å². The second-order valence-corrected chi connectivity index (χ2v) is 3.13. The molecule has 0 aliphatic carbocycles. The number of rotatable bonds is 4. The fraction of sp³-hybridized carbons (Fsp3) is 0.444. The number of aliphatic hydroxyl groups excluding tert-OH is 1. The number of aliphatic hydroxyl groups is 1. The van der Waals surface area contributed by atoms with Crippen LogP contribution in [0.1, 0.15) is 5.69 Å². The van der Waals surface area contributed by atoms with Crippen LogP contribution < -0.4 is 4.90 Å². The van der Waals surface area contributed by atoms with Gasteiger partial charge in [0.05, 0.1) is 19.0 Å². The Hall–Kier alpha value is -1.88. The molecule has 0 saturated heterocycles. The molecule has 17 heavy (non-hydrogen) atoms. The first-order chi connectivity index (χ1) is 7.96. The average Bonchev–Trinajstić information content (AvgIpc) is 2.27. The standard InChI is InChI=1S/C9H9F3N4O/c10-9(11,12)6-16(1-2-17)8-5-14-7(3-13)4-15-8/h4-5,17H,1-2,6H2. The van der Waals surface area contributed by atoms with Gasteiger partial charge in [0.1, 0.15) is 18.4 Å². The first kappa shape index (κ1) is 13.2. The Balaban J connectivity index is 2.86. The lowest BCUT2D eigenvalue weighted by atomic mass is 10.4. The molecule has 1 N–H and O–H groups in total. The Labute approximate surface area is 95.1 Å². The summed E-state index contributed by atoms with van der Waals surface area (Å²) in [6.45, 7) is -1.87. The molecule has 1 aromatic heterocycles. The zero-order valence-electron chi connectivity index (χ0n) is 8.65. The van der Waals surface area contributed by atoms with Crippen molar-refractivity contribution >= 4 is 5.82 Å². The molecule has 0 amide bonds. The van der Waals surface area contributed by atoms with Gasteiger partial charge in [0.15, 0.2) is 5.69 Å². The Morgan fingerprint density at radius 3 is 2.47 bits per heavy atom. The Kier molecular flexibility index (Phi) is 4.23. The topological polar surface area (TPSA) is 73.0 Å². The van der Waals surface area contributed by atoms with Gasteiger partial charge < -0.3 is 10.0 Å². The minimum atomic E-state index is -4.40. The van der Waals surface area contributed by atoms with E-state index in [0.29, 0.717) is 0 Å². The summed E-state index contributed by atoms with van der Waals surface area (Å²) in [5.41, 5.74) is 0.0182. The van der Waals surface area contributed by atoms with Crippen LogP contribution in [0.25, 0.3) is 0 Å². The van der Waals surface area contributed by atoms with E-state index in [-0.39, 0.29) is 18.1 Å². The van der Waals surface area contributed by atoms with E-state index in [9.17, 15) is 13.2 Å². The van der Waals surface area contributed by atoms with Gasteiger partial charge in [0, 0.05) is 6.54 Å². The fourth-order valence-electron chi connectivity index (χ4n) is 1.15. The van der Waals surface area contributed by atoms with Gasteiger partial charge in [-0.2, -0.15) is 18.4 Å². The molecule has 92 valence electrons. The largest absolute Gasteiger partial charge is 0.405 e. The summed E-state index contributed by atoms with van der Waals surface area (Å²) in [5, 5.41) is 17.2. The van der Waals surface area contributed by atoms with Crippen molar-refractivity contribution in [2.45, 2.75) is 6.18 Å². The maximum absolute atomic E-state index is 12.2. The number of nitrogens with zero attached hydrogens (tertiary/aromatic N) is 4. The molecule has 1 rings (SSSR count). The van der Waals surface area contributed by atoms with Gasteiger partial charge in [0.2, 0.25) is 0 Å². The van der Waals surface area contributed by atoms with E-state index < -0.39 is 19.3 Å². The number of alkyl halides is 3. The summed E-state index contributed by atoms with van der Waals surface area (Å²) in [6.07, 6.45) is -2.25. The lowest BCUT2D eigenvalue weighted by Crippen LogP contribution is -2.36. The third-order valence-electron chi connectivity index (χ3n) is 1.82. The van der Waals surface area contributed by atoms with Crippen molar-refractivity contribution in [3.8, 4) is 6.07 Å². The smallest absolute Gasteiger partial charge is 0.395 e. The van der Waals surface area contributed by atoms with E-state index >= 15 is 0 Å². The van der Waals surface area contributed by atoms with Crippen LogP contribution in [0.5, 0.6) is 0 Å². The Morgan fingerprint density at radius 1 is 1.35 bits per heavy atom. The molecule has 8 heteroatoms. The van der Waals surface area contributed by atoms with Gasteiger partial charge >= 0.3 is 6.18 Å². The Bertz CT molecular complexity index is 398. The van der Waals surface area contributed by atoms with Crippen molar-refractivity contribution < 1.29 is 18.3 Å². The molecule has 0 unspecified atom stereocenters. The molecule has 5 nitrogen and oxygen atoms in total. The lowest BCUT2D eigenvalue weighted by molar-refractivity contribution is -0.120. The highest BCUT2D eigenvalue weighted by Crippen LogP contribution is 2.19. The van der Waals surface area contributed by atoms with Gasteiger partial charge in [-0.25, -0.2) is 9.97 Å². The summed E-state index contributed by atoms with van der Waals surface area (Å²) in [4.78, 5) is 8.14. The molecule has 0 saturated carbocycles.